The summed E-state index contributed by atoms with van der Waals surface area (Å²) in [7, 11) is 0. The second kappa shape index (κ2) is 6.09. The lowest BCUT2D eigenvalue weighted by atomic mass is 10.1. The molecule has 0 aliphatic carbocycles. The van der Waals surface area contributed by atoms with E-state index in [0.29, 0.717) is 0 Å². The van der Waals surface area contributed by atoms with E-state index in [4.69, 9.17) is 0 Å². The summed E-state index contributed by atoms with van der Waals surface area (Å²) in [5, 5.41) is 5.55. The fourth-order valence-corrected chi connectivity index (χ4v) is 3.65. The smallest absolute Gasteiger partial charge is 0.0856 e. The Hall–Kier alpha value is -0.230. The molecule has 0 saturated carbocycles. The standard InChI is InChI=1S/C12H12Br2N2S/c1-2-15-12(10-4-3-5-17-10)11-9(14)6-8(13)7-16-11/h3-7,12,15H,2H2,1H3. The Bertz CT molecular complexity index is 485. The summed E-state index contributed by atoms with van der Waals surface area (Å²) in [6, 6.07) is 6.38. The summed E-state index contributed by atoms with van der Waals surface area (Å²) in [6.07, 6.45) is 1.83. The van der Waals surface area contributed by atoms with Crippen LogP contribution in [0.25, 0.3) is 0 Å². The van der Waals surface area contributed by atoms with Crippen LogP contribution >= 0.6 is 43.2 Å². The van der Waals surface area contributed by atoms with Gasteiger partial charge in [-0.1, -0.05) is 13.0 Å². The van der Waals surface area contributed by atoms with Gasteiger partial charge in [0.2, 0.25) is 0 Å². The van der Waals surface area contributed by atoms with Crippen LogP contribution in [0.2, 0.25) is 0 Å². The van der Waals surface area contributed by atoms with Gasteiger partial charge >= 0.3 is 0 Å². The quantitative estimate of drug-likeness (QED) is 0.858. The van der Waals surface area contributed by atoms with Crippen LogP contribution in [0.4, 0.5) is 0 Å². The minimum atomic E-state index is 0.155. The van der Waals surface area contributed by atoms with E-state index in [1.54, 1.807) is 11.3 Å². The molecule has 0 amide bonds. The molecule has 17 heavy (non-hydrogen) atoms. The lowest BCUT2D eigenvalue weighted by Crippen LogP contribution is -2.22. The Kier molecular flexibility index (Phi) is 4.73. The third kappa shape index (κ3) is 3.16. The molecular formula is C12H12Br2N2S. The average Bonchev–Trinajstić information content (AvgIpc) is 2.80. The fraction of sp³-hybridized carbons (Fsp3) is 0.250. The van der Waals surface area contributed by atoms with Crippen molar-refractivity contribution >= 4 is 43.2 Å². The van der Waals surface area contributed by atoms with Crippen LogP contribution in [0.5, 0.6) is 0 Å². The van der Waals surface area contributed by atoms with Crippen molar-refractivity contribution in [2.24, 2.45) is 0 Å². The van der Waals surface area contributed by atoms with Crippen LogP contribution in [0.1, 0.15) is 23.5 Å². The van der Waals surface area contributed by atoms with Gasteiger partial charge in [-0.05, 0) is 55.9 Å². The van der Waals surface area contributed by atoms with Crippen LogP contribution in [0, 0.1) is 0 Å². The second-order valence-corrected chi connectivity index (χ2v) is 6.28. The predicted octanol–water partition coefficient (Wildman–Crippen LogP) is 4.37. The minimum absolute atomic E-state index is 0.155. The summed E-state index contributed by atoms with van der Waals surface area (Å²) in [5.74, 6) is 0. The van der Waals surface area contributed by atoms with Gasteiger partial charge in [0, 0.05) is 20.0 Å². The maximum Gasteiger partial charge on any atom is 0.0856 e. The molecule has 2 aromatic heterocycles. The maximum atomic E-state index is 4.50. The van der Waals surface area contributed by atoms with Crippen molar-refractivity contribution in [3.8, 4) is 0 Å². The van der Waals surface area contributed by atoms with Gasteiger partial charge in [-0.25, -0.2) is 0 Å². The summed E-state index contributed by atoms with van der Waals surface area (Å²) >= 11 is 8.74. The number of nitrogens with one attached hydrogen (secondary N) is 1. The highest BCUT2D eigenvalue weighted by molar-refractivity contribution is 9.11. The summed E-state index contributed by atoms with van der Waals surface area (Å²) < 4.78 is 2.00. The monoisotopic (exact) mass is 374 g/mol. The molecule has 0 aromatic carbocycles. The molecule has 0 bridgehead atoms. The minimum Gasteiger partial charge on any atom is -0.305 e. The molecule has 2 nitrogen and oxygen atoms in total. The lowest BCUT2D eigenvalue weighted by molar-refractivity contribution is 0.621. The molecular weight excluding hydrogens is 364 g/mol. The van der Waals surface area contributed by atoms with E-state index >= 15 is 0 Å². The number of halogens is 2. The van der Waals surface area contributed by atoms with E-state index < -0.39 is 0 Å². The number of hydrogen-bond acceptors (Lipinski definition) is 3. The van der Waals surface area contributed by atoms with Crippen molar-refractivity contribution in [3.05, 3.63) is 49.3 Å². The zero-order chi connectivity index (χ0) is 12.3. The van der Waals surface area contributed by atoms with Crippen molar-refractivity contribution in [1.82, 2.24) is 10.3 Å². The predicted molar refractivity (Wildman–Crippen MR) is 79.5 cm³/mol. The molecule has 0 aliphatic rings. The third-order valence-electron chi connectivity index (χ3n) is 2.35. The van der Waals surface area contributed by atoms with Crippen LogP contribution < -0.4 is 5.32 Å². The van der Waals surface area contributed by atoms with Gasteiger partial charge in [0.25, 0.3) is 0 Å². The molecule has 1 unspecified atom stereocenters. The molecule has 0 spiro atoms. The Balaban J connectivity index is 2.39. The van der Waals surface area contributed by atoms with E-state index in [0.717, 1.165) is 21.2 Å². The highest BCUT2D eigenvalue weighted by Gasteiger charge is 2.18. The molecule has 2 rings (SSSR count). The average molecular weight is 376 g/mol. The number of thiophene rings is 1. The van der Waals surface area contributed by atoms with E-state index in [1.165, 1.54) is 4.88 Å². The van der Waals surface area contributed by atoms with E-state index in [-0.39, 0.29) is 6.04 Å². The van der Waals surface area contributed by atoms with Gasteiger partial charge in [0.1, 0.15) is 0 Å². The normalized spacial score (nSPS) is 12.6. The van der Waals surface area contributed by atoms with E-state index in [9.17, 15) is 0 Å². The Morgan fingerprint density at radius 2 is 2.29 bits per heavy atom. The third-order valence-corrected chi connectivity index (χ3v) is 4.35. The molecule has 0 aliphatic heterocycles. The number of nitrogens with zero attached hydrogens (tertiary/aromatic N) is 1. The molecule has 90 valence electrons. The SMILES string of the molecule is CCNC(c1cccs1)c1ncc(Br)cc1Br. The first-order valence-corrected chi connectivity index (χ1v) is 7.76. The van der Waals surface area contributed by atoms with Gasteiger partial charge in [-0.2, -0.15) is 0 Å². The first-order chi connectivity index (χ1) is 8.22. The van der Waals surface area contributed by atoms with Gasteiger partial charge in [0.15, 0.2) is 0 Å². The number of rotatable bonds is 4. The summed E-state index contributed by atoms with van der Waals surface area (Å²) in [6.45, 7) is 3.01. The molecule has 0 radical (unpaired) electrons. The summed E-state index contributed by atoms with van der Waals surface area (Å²) in [5.41, 5.74) is 1.03. The highest BCUT2D eigenvalue weighted by atomic mass is 79.9. The van der Waals surface area contributed by atoms with Crippen LogP contribution in [0.15, 0.2) is 38.7 Å². The van der Waals surface area contributed by atoms with Crippen molar-refractivity contribution in [2.75, 3.05) is 6.54 Å². The van der Waals surface area contributed by atoms with E-state index in [1.807, 2.05) is 12.3 Å². The number of hydrogen-bond donors (Lipinski definition) is 1. The molecule has 1 N–H and O–H groups in total. The van der Waals surface area contributed by atoms with Gasteiger partial charge in [0.05, 0.1) is 11.7 Å². The van der Waals surface area contributed by atoms with Crippen molar-refractivity contribution in [1.29, 1.82) is 0 Å². The van der Waals surface area contributed by atoms with E-state index in [2.05, 4.69) is 66.6 Å². The second-order valence-electron chi connectivity index (χ2n) is 3.53. The summed E-state index contributed by atoms with van der Waals surface area (Å²) in [4.78, 5) is 5.78. The fourth-order valence-electron chi connectivity index (χ4n) is 1.63. The molecule has 1 atom stereocenters. The highest BCUT2D eigenvalue weighted by Crippen LogP contribution is 2.30. The Morgan fingerprint density at radius 3 is 2.88 bits per heavy atom. The van der Waals surface area contributed by atoms with Crippen LogP contribution in [-0.2, 0) is 0 Å². The molecule has 5 heteroatoms. The first kappa shape index (κ1) is 13.2. The first-order valence-electron chi connectivity index (χ1n) is 5.30. The largest absolute Gasteiger partial charge is 0.305 e. The topological polar surface area (TPSA) is 24.9 Å². The Labute approximate surface area is 122 Å². The number of aromatic nitrogens is 1. The van der Waals surface area contributed by atoms with Crippen molar-refractivity contribution in [2.45, 2.75) is 13.0 Å². The molecule has 2 heterocycles. The molecule has 0 saturated heterocycles. The van der Waals surface area contributed by atoms with Gasteiger partial charge in [-0.15, -0.1) is 11.3 Å². The lowest BCUT2D eigenvalue weighted by Gasteiger charge is -2.17. The number of pyridine rings is 1. The van der Waals surface area contributed by atoms with Crippen molar-refractivity contribution in [3.63, 3.8) is 0 Å². The zero-order valence-corrected chi connectivity index (χ0v) is 13.3. The maximum absolute atomic E-state index is 4.50. The molecule has 2 aromatic rings. The Morgan fingerprint density at radius 1 is 1.47 bits per heavy atom. The van der Waals surface area contributed by atoms with Gasteiger partial charge in [-0.3, -0.25) is 4.98 Å². The zero-order valence-electron chi connectivity index (χ0n) is 9.28. The van der Waals surface area contributed by atoms with Crippen LogP contribution in [0.3, 0.4) is 0 Å². The van der Waals surface area contributed by atoms with Crippen molar-refractivity contribution < 1.29 is 0 Å². The van der Waals surface area contributed by atoms with Gasteiger partial charge < -0.3 is 5.32 Å². The van der Waals surface area contributed by atoms with Crippen LogP contribution in [-0.4, -0.2) is 11.5 Å². The molecule has 0 fully saturated rings.